The van der Waals surface area contributed by atoms with Crippen LogP contribution in [0.15, 0.2) is 110 Å². The van der Waals surface area contributed by atoms with Crippen LogP contribution in [0.3, 0.4) is 0 Å². The summed E-state index contributed by atoms with van der Waals surface area (Å²) in [5.41, 5.74) is 18.3. The molecule has 1 aliphatic heterocycles. The van der Waals surface area contributed by atoms with Crippen LogP contribution in [-0.2, 0) is 30.5 Å². The van der Waals surface area contributed by atoms with Gasteiger partial charge in [-0.25, -0.2) is 0 Å². The largest absolute Gasteiger partial charge is 0.402 e. The Hall–Kier alpha value is -3.60. The van der Waals surface area contributed by atoms with Gasteiger partial charge in [0.15, 0.2) is 0 Å². The Bertz CT molecular complexity index is 1410. The second-order valence-corrected chi connectivity index (χ2v) is 14.9. The Morgan fingerprint density at radius 2 is 1.48 bits per heavy atom. The second kappa shape index (κ2) is 23.0. The molecule has 1 unspecified atom stereocenters. The smallest absolute Gasteiger partial charge is 0.0594 e. The summed E-state index contributed by atoms with van der Waals surface area (Å²) >= 11 is 0. The van der Waals surface area contributed by atoms with Crippen LogP contribution in [0.5, 0.6) is 0 Å². The van der Waals surface area contributed by atoms with E-state index in [4.69, 9.17) is 10.5 Å². The minimum absolute atomic E-state index is 0.0417. The molecule has 0 radical (unpaired) electrons. The van der Waals surface area contributed by atoms with Gasteiger partial charge in [0, 0.05) is 51.2 Å². The zero-order valence-corrected chi connectivity index (χ0v) is 33.6. The SMILES string of the molecule is C=C(C)/C=C\C(=C(C)C)N1CCN(Cc2ccc(CCc3cccc(C(=C)C)c3CC)cc2)CC1.C=CCCC(C)C(=C)N.COC(C)(C)C. The fourth-order valence-corrected chi connectivity index (χ4v) is 5.54. The third kappa shape index (κ3) is 17.4. The Kier molecular flexibility index (Phi) is 20.4. The molecule has 0 aromatic heterocycles. The van der Waals surface area contributed by atoms with E-state index in [1.807, 2.05) is 33.8 Å². The highest BCUT2D eigenvalue weighted by Gasteiger charge is 2.18. The molecule has 4 heteroatoms. The predicted molar refractivity (Wildman–Crippen MR) is 222 cm³/mol. The van der Waals surface area contributed by atoms with Crippen molar-refractivity contribution in [1.29, 1.82) is 0 Å². The fraction of sp³-hybridized carbons (Fsp3) is 0.478. The first-order valence-corrected chi connectivity index (χ1v) is 18.5. The van der Waals surface area contributed by atoms with Crippen LogP contribution in [0.25, 0.3) is 5.57 Å². The molecule has 2 aromatic rings. The van der Waals surface area contributed by atoms with Crippen molar-refractivity contribution >= 4 is 5.57 Å². The number of benzene rings is 2. The molecule has 0 amide bonds. The van der Waals surface area contributed by atoms with Crippen LogP contribution >= 0.6 is 0 Å². The van der Waals surface area contributed by atoms with Crippen LogP contribution < -0.4 is 5.73 Å². The first-order chi connectivity index (χ1) is 23.5. The number of nitrogens with two attached hydrogens (primary N) is 1. The van der Waals surface area contributed by atoms with E-state index in [-0.39, 0.29) is 5.60 Å². The summed E-state index contributed by atoms with van der Waals surface area (Å²) in [5, 5.41) is 0. The van der Waals surface area contributed by atoms with Crippen molar-refractivity contribution in [2.24, 2.45) is 11.7 Å². The first kappa shape index (κ1) is 44.4. The van der Waals surface area contributed by atoms with Crippen molar-refractivity contribution in [3.05, 3.63) is 137 Å². The molecular weight excluding hydrogens is 611 g/mol. The maximum atomic E-state index is 5.45. The summed E-state index contributed by atoms with van der Waals surface area (Å²) in [6.07, 6.45) is 11.6. The Balaban J connectivity index is 0.000000694. The summed E-state index contributed by atoms with van der Waals surface area (Å²) < 4.78 is 4.94. The number of methoxy groups -OCH3 is 1. The van der Waals surface area contributed by atoms with Crippen LogP contribution in [0, 0.1) is 5.92 Å². The van der Waals surface area contributed by atoms with Crippen molar-refractivity contribution in [2.45, 2.75) is 107 Å². The maximum absolute atomic E-state index is 5.45. The van der Waals surface area contributed by atoms with Gasteiger partial charge in [-0.15, -0.1) is 6.58 Å². The van der Waals surface area contributed by atoms with E-state index in [2.05, 4.69) is 125 Å². The van der Waals surface area contributed by atoms with E-state index in [0.29, 0.717) is 5.92 Å². The van der Waals surface area contributed by atoms with Gasteiger partial charge in [-0.1, -0.05) is 105 Å². The molecular formula is C46H71N3O. The minimum atomic E-state index is 0.0417. The zero-order valence-electron chi connectivity index (χ0n) is 33.6. The molecule has 0 bridgehead atoms. The molecule has 0 spiro atoms. The van der Waals surface area contributed by atoms with E-state index in [1.54, 1.807) is 7.11 Å². The molecule has 3 rings (SSSR count). The van der Waals surface area contributed by atoms with Gasteiger partial charge in [0.25, 0.3) is 0 Å². The highest BCUT2D eigenvalue weighted by Crippen LogP contribution is 2.24. The molecule has 0 aliphatic carbocycles. The molecule has 1 aliphatic rings. The van der Waals surface area contributed by atoms with Gasteiger partial charge in [-0.05, 0) is 120 Å². The second-order valence-electron chi connectivity index (χ2n) is 14.9. The average molecular weight is 682 g/mol. The lowest BCUT2D eigenvalue weighted by atomic mass is 9.92. The lowest BCUT2D eigenvalue weighted by Crippen LogP contribution is -2.45. The third-order valence-electron chi connectivity index (χ3n) is 9.00. The molecule has 50 heavy (non-hydrogen) atoms. The summed E-state index contributed by atoms with van der Waals surface area (Å²) in [5.74, 6) is 0.433. The molecule has 2 N–H and O–H groups in total. The van der Waals surface area contributed by atoms with E-state index < -0.39 is 0 Å². The van der Waals surface area contributed by atoms with Gasteiger partial charge in [-0.2, -0.15) is 0 Å². The number of nitrogens with zero attached hydrogens (tertiary/aromatic N) is 2. The van der Waals surface area contributed by atoms with Crippen molar-refractivity contribution in [1.82, 2.24) is 9.80 Å². The summed E-state index contributed by atoms with van der Waals surface area (Å²) in [7, 11) is 1.71. The van der Waals surface area contributed by atoms with Gasteiger partial charge < -0.3 is 15.4 Å². The summed E-state index contributed by atoms with van der Waals surface area (Å²) in [6, 6.07) is 16.0. The number of allylic oxidation sites excluding steroid dienone is 7. The van der Waals surface area contributed by atoms with Gasteiger partial charge in [0.1, 0.15) is 0 Å². The van der Waals surface area contributed by atoms with Crippen molar-refractivity contribution in [2.75, 3.05) is 33.3 Å². The molecule has 276 valence electrons. The van der Waals surface area contributed by atoms with E-state index in [1.165, 1.54) is 39.1 Å². The molecule has 1 atom stereocenters. The standard InChI is InChI=1S/C33H44N2.C8H15N.C5H12O/c1-8-31-30(10-9-11-32(31)26(4)5)18-17-28-13-15-29(16-14-28)24-34-20-22-35(23-21-34)33(27(6)7)19-12-25(2)3;1-4-5-6-7(2)8(3)9;1-5(2,3)6-4/h9-16,19H,2,4,8,17-18,20-24H2,1,3,5-7H3;4,7H,1,3,5-6,9H2,2H3;1-4H3/b19-12-;;. The maximum Gasteiger partial charge on any atom is 0.0594 e. The van der Waals surface area contributed by atoms with E-state index >= 15 is 0 Å². The van der Waals surface area contributed by atoms with E-state index in [0.717, 1.165) is 81.7 Å². The number of ether oxygens (including phenoxy) is 1. The monoisotopic (exact) mass is 682 g/mol. The number of piperazine rings is 1. The minimum Gasteiger partial charge on any atom is -0.402 e. The Labute approximate surface area is 308 Å². The summed E-state index contributed by atoms with van der Waals surface area (Å²) in [4.78, 5) is 5.09. The number of hydrogen-bond donors (Lipinski definition) is 1. The fourth-order valence-electron chi connectivity index (χ4n) is 5.54. The topological polar surface area (TPSA) is 41.7 Å². The highest BCUT2D eigenvalue weighted by atomic mass is 16.5. The van der Waals surface area contributed by atoms with Crippen LogP contribution in [0.1, 0.15) is 103 Å². The van der Waals surface area contributed by atoms with Crippen molar-refractivity contribution in [3.63, 3.8) is 0 Å². The average Bonchev–Trinajstić information content (AvgIpc) is 3.07. The predicted octanol–water partition coefficient (Wildman–Crippen LogP) is 11.1. The number of rotatable bonds is 14. The molecule has 2 aromatic carbocycles. The highest BCUT2D eigenvalue weighted by molar-refractivity contribution is 5.65. The van der Waals surface area contributed by atoms with Crippen molar-refractivity contribution in [3.8, 4) is 0 Å². The van der Waals surface area contributed by atoms with E-state index in [9.17, 15) is 0 Å². The number of hydrogen-bond acceptors (Lipinski definition) is 4. The Morgan fingerprint density at radius 3 is 1.94 bits per heavy atom. The molecule has 0 saturated carbocycles. The lowest BCUT2D eigenvalue weighted by Gasteiger charge is -2.37. The Morgan fingerprint density at radius 1 is 0.900 bits per heavy atom. The molecule has 1 fully saturated rings. The molecule has 4 nitrogen and oxygen atoms in total. The zero-order chi connectivity index (χ0) is 37.9. The van der Waals surface area contributed by atoms with Crippen LogP contribution in [0.2, 0.25) is 0 Å². The van der Waals surface area contributed by atoms with Crippen LogP contribution in [-0.4, -0.2) is 48.7 Å². The van der Waals surface area contributed by atoms with Gasteiger partial charge in [0.05, 0.1) is 5.60 Å². The molecule has 1 saturated heterocycles. The quantitative estimate of drug-likeness (QED) is 0.159. The summed E-state index contributed by atoms with van der Waals surface area (Å²) in [6.45, 7) is 39.8. The lowest BCUT2D eigenvalue weighted by molar-refractivity contribution is 0.0397. The van der Waals surface area contributed by atoms with Crippen molar-refractivity contribution < 1.29 is 4.74 Å². The van der Waals surface area contributed by atoms with Gasteiger partial charge in [0.2, 0.25) is 0 Å². The van der Waals surface area contributed by atoms with Gasteiger partial charge in [-0.3, -0.25) is 4.90 Å². The number of aryl methyl sites for hydroxylation is 2. The molecule has 1 heterocycles. The first-order valence-electron chi connectivity index (χ1n) is 18.5. The normalized spacial score (nSPS) is 13.8. The third-order valence-corrected chi connectivity index (χ3v) is 9.00. The van der Waals surface area contributed by atoms with Gasteiger partial charge >= 0.3 is 0 Å². The van der Waals surface area contributed by atoms with Crippen LogP contribution in [0.4, 0.5) is 0 Å².